The second-order valence-corrected chi connectivity index (χ2v) is 7.45. The summed E-state index contributed by atoms with van der Waals surface area (Å²) in [6.07, 6.45) is -0.553. The number of aliphatic hydroxyl groups excluding tert-OH is 1. The average molecular weight is 395 g/mol. The van der Waals surface area contributed by atoms with Gasteiger partial charge in [0, 0.05) is 44.3 Å². The quantitative estimate of drug-likeness (QED) is 0.778. The number of β-amino-alcohol motifs (C(OH)–C–C–N with tert-alkyl or cyclic N) is 1. The molecule has 0 spiro atoms. The van der Waals surface area contributed by atoms with Gasteiger partial charge in [-0.05, 0) is 23.8 Å². The van der Waals surface area contributed by atoms with Crippen molar-refractivity contribution in [3.63, 3.8) is 0 Å². The van der Waals surface area contributed by atoms with Crippen molar-refractivity contribution in [1.29, 1.82) is 0 Å². The molecule has 1 saturated heterocycles. The molecular formula is C20H24Cl2N2O2. The number of ether oxygens (including phenoxy) is 1. The molecule has 1 aliphatic heterocycles. The van der Waals surface area contributed by atoms with Gasteiger partial charge in [0.15, 0.2) is 0 Å². The summed E-state index contributed by atoms with van der Waals surface area (Å²) in [6.45, 7) is 5.71. The number of rotatable bonds is 7. The third-order valence-corrected chi connectivity index (χ3v) is 5.04. The van der Waals surface area contributed by atoms with Gasteiger partial charge in [0.2, 0.25) is 0 Å². The molecule has 3 rings (SSSR count). The third-order valence-electron chi connectivity index (χ3n) is 4.51. The first-order valence-electron chi connectivity index (χ1n) is 8.85. The van der Waals surface area contributed by atoms with E-state index in [1.807, 2.05) is 6.07 Å². The first-order chi connectivity index (χ1) is 12.6. The molecule has 1 aliphatic rings. The highest BCUT2D eigenvalue weighted by molar-refractivity contribution is 6.35. The zero-order chi connectivity index (χ0) is 18.4. The van der Waals surface area contributed by atoms with Crippen molar-refractivity contribution in [3.05, 3.63) is 64.1 Å². The molecular weight excluding hydrogens is 371 g/mol. The Labute approximate surface area is 164 Å². The van der Waals surface area contributed by atoms with Gasteiger partial charge in [0.25, 0.3) is 0 Å². The smallest absolute Gasteiger partial charge is 0.138 e. The molecule has 0 amide bonds. The summed E-state index contributed by atoms with van der Waals surface area (Å²) >= 11 is 12.0. The summed E-state index contributed by atoms with van der Waals surface area (Å²) in [4.78, 5) is 4.72. The van der Waals surface area contributed by atoms with Crippen molar-refractivity contribution < 1.29 is 9.84 Å². The lowest BCUT2D eigenvalue weighted by molar-refractivity contribution is 0.0446. The molecule has 140 valence electrons. The van der Waals surface area contributed by atoms with E-state index in [-0.39, 0.29) is 6.61 Å². The number of aliphatic hydroxyl groups is 1. The average Bonchev–Trinajstić information content (AvgIpc) is 2.63. The van der Waals surface area contributed by atoms with Crippen LogP contribution in [0.3, 0.4) is 0 Å². The maximum atomic E-state index is 10.3. The van der Waals surface area contributed by atoms with Crippen LogP contribution in [-0.4, -0.2) is 60.3 Å². The Morgan fingerprint density at radius 1 is 0.962 bits per heavy atom. The largest absolute Gasteiger partial charge is 0.489 e. The summed E-state index contributed by atoms with van der Waals surface area (Å²) in [6, 6.07) is 15.6. The predicted octanol–water partition coefficient (Wildman–Crippen LogP) is 3.55. The Morgan fingerprint density at radius 3 is 2.35 bits per heavy atom. The monoisotopic (exact) mass is 394 g/mol. The van der Waals surface area contributed by atoms with E-state index < -0.39 is 6.10 Å². The summed E-state index contributed by atoms with van der Waals surface area (Å²) in [5.41, 5.74) is 1.34. The molecule has 1 N–H and O–H groups in total. The van der Waals surface area contributed by atoms with Crippen LogP contribution in [0.25, 0.3) is 0 Å². The molecule has 26 heavy (non-hydrogen) atoms. The summed E-state index contributed by atoms with van der Waals surface area (Å²) in [5.74, 6) is 0.544. The van der Waals surface area contributed by atoms with Gasteiger partial charge in [-0.15, -0.1) is 0 Å². The van der Waals surface area contributed by atoms with E-state index in [0.29, 0.717) is 22.3 Å². The maximum Gasteiger partial charge on any atom is 0.138 e. The predicted molar refractivity (Wildman–Crippen MR) is 106 cm³/mol. The van der Waals surface area contributed by atoms with E-state index in [2.05, 4.69) is 34.1 Å². The Hall–Kier alpha value is -1.30. The number of nitrogens with zero attached hydrogens (tertiary/aromatic N) is 2. The lowest BCUT2D eigenvalue weighted by Crippen LogP contribution is -2.48. The number of hydrogen-bond donors (Lipinski definition) is 1. The van der Waals surface area contributed by atoms with Gasteiger partial charge in [-0.25, -0.2) is 0 Å². The summed E-state index contributed by atoms with van der Waals surface area (Å²) in [5, 5.41) is 11.3. The molecule has 2 aromatic carbocycles. The Bertz CT molecular complexity index is 691. The molecule has 1 atom stereocenters. The van der Waals surface area contributed by atoms with Gasteiger partial charge in [-0.1, -0.05) is 53.5 Å². The van der Waals surface area contributed by atoms with E-state index in [1.165, 1.54) is 5.56 Å². The SMILES string of the molecule is O[C@@H](COc1ccc(Cl)cc1Cl)CN1CCN(Cc2ccccc2)CC1. The van der Waals surface area contributed by atoms with Crippen molar-refractivity contribution in [2.24, 2.45) is 0 Å². The van der Waals surface area contributed by atoms with Crippen LogP contribution in [0.4, 0.5) is 0 Å². The van der Waals surface area contributed by atoms with E-state index in [0.717, 1.165) is 32.7 Å². The van der Waals surface area contributed by atoms with Gasteiger partial charge in [-0.2, -0.15) is 0 Å². The molecule has 4 nitrogen and oxygen atoms in total. The van der Waals surface area contributed by atoms with Crippen molar-refractivity contribution in [1.82, 2.24) is 9.80 Å². The fraction of sp³-hybridized carbons (Fsp3) is 0.400. The zero-order valence-electron chi connectivity index (χ0n) is 14.7. The van der Waals surface area contributed by atoms with Crippen molar-refractivity contribution >= 4 is 23.2 Å². The lowest BCUT2D eigenvalue weighted by atomic mass is 10.2. The molecule has 0 aromatic heterocycles. The van der Waals surface area contributed by atoms with Crippen LogP contribution in [0.2, 0.25) is 10.0 Å². The topological polar surface area (TPSA) is 35.9 Å². The van der Waals surface area contributed by atoms with E-state index >= 15 is 0 Å². The van der Waals surface area contributed by atoms with Crippen LogP contribution < -0.4 is 4.74 Å². The van der Waals surface area contributed by atoms with Crippen molar-refractivity contribution in [2.75, 3.05) is 39.3 Å². The third kappa shape index (κ3) is 5.86. The minimum absolute atomic E-state index is 0.214. The van der Waals surface area contributed by atoms with E-state index in [1.54, 1.807) is 18.2 Å². The molecule has 0 saturated carbocycles. The van der Waals surface area contributed by atoms with E-state index in [9.17, 15) is 5.11 Å². The molecule has 2 aromatic rings. The second-order valence-electron chi connectivity index (χ2n) is 6.60. The standard InChI is InChI=1S/C20H24Cl2N2O2/c21-17-6-7-20(19(22)12-17)26-15-18(25)14-24-10-8-23(9-11-24)13-16-4-2-1-3-5-16/h1-7,12,18,25H,8-11,13-15H2/t18-/m1/s1. The molecule has 6 heteroatoms. The van der Waals surface area contributed by atoms with E-state index in [4.69, 9.17) is 27.9 Å². The van der Waals surface area contributed by atoms with Crippen molar-refractivity contribution in [2.45, 2.75) is 12.6 Å². The Morgan fingerprint density at radius 2 is 1.65 bits per heavy atom. The summed E-state index contributed by atoms with van der Waals surface area (Å²) in [7, 11) is 0. The van der Waals surface area contributed by atoms with Gasteiger partial charge in [0.05, 0.1) is 5.02 Å². The fourth-order valence-electron chi connectivity index (χ4n) is 3.10. The van der Waals surface area contributed by atoms with Crippen LogP contribution in [0.15, 0.2) is 48.5 Å². The molecule has 0 unspecified atom stereocenters. The normalized spacial score (nSPS) is 17.2. The molecule has 0 radical (unpaired) electrons. The van der Waals surface area contributed by atoms with Gasteiger partial charge in [-0.3, -0.25) is 9.80 Å². The molecule has 0 aliphatic carbocycles. The minimum atomic E-state index is -0.553. The highest BCUT2D eigenvalue weighted by Gasteiger charge is 2.19. The van der Waals surface area contributed by atoms with Crippen LogP contribution >= 0.6 is 23.2 Å². The van der Waals surface area contributed by atoms with Gasteiger partial charge in [0.1, 0.15) is 18.5 Å². The van der Waals surface area contributed by atoms with Crippen LogP contribution in [0, 0.1) is 0 Å². The highest BCUT2D eigenvalue weighted by Crippen LogP contribution is 2.27. The summed E-state index contributed by atoms with van der Waals surface area (Å²) < 4.78 is 5.62. The number of piperazine rings is 1. The molecule has 0 bridgehead atoms. The number of halogens is 2. The minimum Gasteiger partial charge on any atom is -0.489 e. The lowest BCUT2D eigenvalue weighted by Gasteiger charge is -2.35. The molecule has 1 heterocycles. The van der Waals surface area contributed by atoms with Gasteiger partial charge >= 0.3 is 0 Å². The van der Waals surface area contributed by atoms with Gasteiger partial charge < -0.3 is 9.84 Å². The Kier molecular flexibility index (Phi) is 7.17. The first kappa shape index (κ1) is 19.5. The van der Waals surface area contributed by atoms with Crippen LogP contribution in [0.1, 0.15) is 5.56 Å². The van der Waals surface area contributed by atoms with Crippen LogP contribution in [0.5, 0.6) is 5.75 Å². The first-order valence-corrected chi connectivity index (χ1v) is 9.60. The second kappa shape index (κ2) is 9.58. The number of hydrogen-bond acceptors (Lipinski definition) is 4. The zero-order valence-corrected chi connectivity index (χ0v) is 16.2. The van der Waals surface area contributed by atoms with Crippen LogP contribution in [-0.2, 0) is 6.54 Å². The highest BCUT2D eigenvalue weighted by atomic mass is 35.5. The molecule has 1 fully saturated rings. The fourth-order valence-corrected chi connectivity index (χ4v) is 3.56. The number of benzene rings is 2. The van der Waals surface area contributed by atoms with Crippen molar-refractivity contribution in [3.8, 4) is 5.75 Å². The Balaban J connectivity index is 1.38. The maximum absolute atomic E-state index is 10.3.